The molecule has 0 spiro atoms. The monoisotopic (exact) mass is 422 g/mol. The fourth-order valence-electron chi connectivity index (χ4n) is 3.54. The predicted octanol–water partition coefficient (Wildman–Crippen LogP) is -2.85. The molecular formula is C17H26O12. The quantitative estimate of drug-likeness (QED) is 0.200. The van der Waals surface area contributed by atoms with Gasteiger partial charge in [-0.1, -0.05) is 0 Å². The third-order valence-corrected chi connectivity index (χ3v) is 5.03. The number of hydrogen-bond donors (Lipinski definition) is 5. The summed E-state index contributed by atoms with van der Waals surface area (Å²) in [5.74, 6) is -3.45. The molecule has 0 unspecified atom stereocenters. The number of rotatable bonds is 8. The fraction of sp³-hybridized carbons (Fsp3) is 0.765. The van der Waals surface area contributed by atoms with Crippen LogP contribution in [-0.4, -0.2) is 100 Å². The maximum Gasteiger partial charge on any atom is 0.340 e. The summed E-state index contributed by atoms with van der Waals surface area (Å²) in [6.45, 7) is 0.477. The number of carbonyl (C=O) groups excluding carboxylic acids is 2. The first kappa shape index (κ1) is 23.5. The standard InChI is InChI=1S/C17H26O12/c1-16(23)6-9(19)17(24)4-5-27-15(11(16)17)29-14(10(20)13(22)26-3)28-8(7-18)12(21)25-2/h4-5,8-11,14-15,18-20,23-24H,6-7H2,1-3H3/t8-,9+,10+,11+,14-,15-,16-,17-/m0/s1. The highest BCUT2D eigenvalue weighted by Crippen LogP contribution is 2.49. The molecule has 8 atom stereocenters. The highest BCUT2D eigenvalue weighted by atomic mass is 16.8. The van der Waals surface area contributed by atoms with E-state index in [1.807, 2.05) is 0 Å². The van der Waals surface area contributed by atoms with E-state index in [4.69, 9.17) is 14.2 Å². The van der Waals surface area contributed by atoms with Crippen molar-refractivity contribution in [3.8, 4) is 0 Å². The topological polar surface area (TPSA) is 181 Å². The predicted molar refractivity (Wildman–Crippen MR) is 90.6 cm³/mol. The van der Waals surface area contributed by atoms with Crippen LogP contribution >= 0.6 is 0 Å². The van der Waals surface area contributed by atoms with E-state index in [-0.39, 0.29) is 6.42 Å². The molecule has 0 aromatic heterocycles. The van der Waals surface area contributed by atoms with Crippen molar-refractivity contribution >= 4 is 11.9 Å². The van der Waals surface area contributed by atoms with E-state index in [2.05, 4.69) is 9.47 Å². The van der Waals surface area contributed by atoms with Crippen LogP contribution in [0.1, 0.15) is 13.3 Å². The van der Waals surface area contributed by atoms with Gasteiger partial charge in [0.1, 0.15) is 5.60 Å². The first-order valence-corrected chi connectivity index (χ1v) is 8.73. The molecule has 2 aliphatic rings. The lowest BCUT2D eigenvalue weighted by Crippen LogP contribution is -2.56. The van der Waals surface area contributed by atoms with Crippen LogP contribution in [0.2, 0.25) is 0 Å². The van der Waals surface area contributed by atoms with Crippen LogP contribution in [0.5, 0.6) is 0 Å². The smallest absolute Gasteiger partial charge is 0.340 e. The number of aliphatic hydroxyl groups is 5. The van der Waals surface area contributed by atoms with Gasteiger partial charge in [-0.15, -0.1) is 0 Å². The zero-order chi connectivity index (χ0) is 22.0. The molecule has 1 heterocycles. The van der Waals surface area contributed by atoms with Crippen molar-refractivity contribution < 1.29 is 58.8 Å². The zero-order valence-corrected chi connectivity index (χ0v) is 16.1. The molecule has 12 nitrogen and oxygen atoms in total. The molecule has 1 fully saturated rings. The molecule has 5 N–H and O–H groups in total. The fourth-order valence-corrected chi connectivity index (χ4v) is 3.54. The van der Waals surface area contributed by atoms with Gasteiger partial charge in [0, 0.05) is 6.42 Å². The van der Waals surface area contributed by atoms with Crippen molar-refractivity contribution in [1.82, 2.24) is 0 Å². The lowest BCUT2D eigenvalue weighted by Gasteiger charge is -2.42. The summed E-state index contributed by atoms with van der Waals surface area (Å²) >= 11 is 0. The van der Waals surface area contributed by atoms with E-state index in [1.165, 1.54) is 6.92 Å². The Hall–Kier alpha value is -1.80. The largest absolute Gasteiger partial charge is 0.472 e. The molecule has 0 saturated heterocycles. The van der Waals surface area contributed by atoms with Crippen molar-refractivity contribution in [3.63, 3.8) is 0 Å². The molecule has 1 saturated carbocycles. The minimum atomic E-state index is -2.09. The van der Waals surface area contributed by atoms with Gasteiger partial charge in [-0.3, -0.25) is 0 Å². The normalized spacial score (nSPS) is 36.5. The highest BCUT2D eigenvalue weighted by Gasteiger charge is 2.64. The summed E-state index contributed by atoms with van der Waals surface area (Å²) < 4.78 is 24.8. The molecular weight excluding hydrogens is 396 g/mol. The molecule has 1 aliphatic heterocycles. The molecule has 0 aromatic rings. The lowest BCUT2D eigenvalue weighted by atomic mass is 9.81. The first-order chi connectivity index (χ1) is 13.5. The van der Waals surface area contributed by atoms with E-state index < -0.39 is 66.6 Å². The van der Waals surface area contributed by atoms with Gasteiger partial charge in [0.15, 0.2) is 12.4 Å². The van der Waals surface area contributed by atoms with Gasteiger partial charge in [-0.25, -0.2) is 9.59 Å². The summed E-state index contributed by atoms with van der Waals surface area (Å²) in [6.07, 6.45) is -6.54. The Morgan fingerprint density at radius 3 is 2.41 bits per heavy atom. The maximum absolute atomic E-state index is 11.8. The lowest BCUT2D eigenvalue weighted by molar-refractivity contribution is -0.311. The molecule has 0 bridgehead atoms. The third kappa shape index (κ3) is 4.53. The summed E-state index contributed by atoms with van der Waals surface area (Å²) in [5.41, 5.74) is -3.59. The molecule has 2 rings (SSSR count). The average molecular weight is 422 g/mol. The van der Waals surface area contributed by atoms with Crippen LogP contribution in [0.4, 0.5) is 0 Å². The van der Waals surface area contributed by atoms with Crippen molar-refractivity contribution in [2.75, 3.05) is 20.8 Å². The zero-order valence-electron chi connectivity index (χ0n) is 16.1. The van der Waals surface area contributed by atoms with Gasteiger partial charge >= 0.3 is 11.9 Å². The molecule has 0 aromatic carbocycles. The Bertz CT molecular complexity index is 634. The van der Waals surface area contributed by atoms with Gasteiger partial charge in [0.05, 0.1) is 44.7 Å². The molecule has 0 radical (unpaired) electrons. The minimum absolute atomic E-state index is 0.214. The minimum Gasteiger partial charge on any atom is -0.472 e. The second kappa shape index (κ2) is 8.92. The Balaban J connectivity index is 2.31. The number of ether oxygens (including phenoxy) is 5. The van der Waals surface area contributed by atoms with Gasteiger partial charge in [0.25, 0.3) is 0 Å². The van der Waals surface area contributed by atoms with Crippen molar-refractivity contribution in [2.45, 2.75) is 55.4 Å². The number of hydrogen-bond acceptors (Lipinski definition) is 12. The maximum atomic E-state index is 11.8. The Labute approximate surface area is 166 Å². The molecule has 0 amide bonds. The number of esters is 2. The summed E-state index contributed by atoms with van der Waals surface area (Å²) in [6, 6.07) is 0. The van der Waals surface area contributed by atoms with E-state index in [1.54, 1.807) is 0 Å². The second-order valence-corrected chi connectivity index (χ2v) is 7.05. The summed E-state index contributed by atoms with van der Waals surface area (Å²) in [7, 11) is 2.02. The Morgan fingerprint density at radius 2 is 1.86 bits per heavy atom. The number of carbonyl (C=O) groups is 2. The van der Waals surface area contributed by atoms with Gasteiger partial charge in [-0.2, -0.15) is 0 Å². The SMILES string of the molecule is COC(=O)[C@H](CO)O[C@@H](O[C@@H]1OC=C[C@]2(O)[C@H](O)C[C@](C)(O)[C@@H]12)[C@H](O)C(=O)OC. The number of fused-ring (bicyclic) bond motifs is 1. The van der Waals surface area contributed by atoms with Gasteiger partial charge < -0.3 is 49.2 Å². The van der Waals surface area contributed by atoms with Crippen LogP contribution < -0.4 is 0 Å². The van der Waals surface area contributed by atoms with Crippen LogP contribution in [0.25, 0.3) is 0 Å². The summed E-state index contributed by atoms with van der Waals surface area (Å²) in [5, 5.41) is 51.1. The van der Waals surface area contributed by atoms with E-state index in [9.17, 15) is 35.1 Å². The molecule has 1 aliphatic carbocycles. The first-order valence-electron chi connectivity index (χ1n) is 8.73. The average Bonchev–Trinajstić information content (AvgIpc) is 2.87. The van der Waals surface area contributed by atoms with Gasteiger partial charge in [0.2, 0.25) is 12.4 Å². The third-order valence-electron chi connectivity index (χ3n) is 5.03. The number of aliphatic hydroxyl groups excluding tert-OH is 3. The Morgan fingerprint density at radius 1 is 1.24 bits per heavy atom. The number of methoxy groups -OCH3 is 2. The van der Waals surface area contributed by atoms with Gasteiger partial charge in [-0.05, 0) is 13.0 Å². The van der Waals surface area contributed by atoms with E-state index >= 15 is 0 Å². The second-order valence-electron chi connectivity index (χ2n) is 7.05. The molecule has 166 valence electrons. The summed E-state index contributed by atoms with van der Waals surface area (Å²) in [4.78, 5) is 23.5. The van der Waals surface area contributed by atoms with Crippen molar-refractivity contribution in [2.24, 2.45) is 5.92 Å². The van der Waals surface area contributed by atoms with E-state index in [0.717, 1.165) is 26.6 Å². The van der Waals surface area contributed by atoms with E-state index in [0.29, 0.717) is 0 Å². The van der Waals surface area contributed by atoms with Crippen LogP contribution in [0.15, 0.2) is 12.3 Å². The van der Waals surface area contributed by atoms with Crippen molar-refractivity contribution in [3.05, 3.63) is 12.3 Å². The Kier molecular flexibility index (Phi) is 7.22. The molecule has 29 heavy (non-hydrogen) atoms. The van der Waals surface area contributed by atoms with Crippen LogP contribution in [0, 0.1) is 5.92 Å². The van der Waals surface area contributed by atoms with Crippen LogP contribution in [-0.2, 0) is 33.3 Å². The van der Waals surface area contributed by atoms with Crippen molar-refractivity contribution in [1.29, 1.82) is 0 Å². The van der Waals surface area contributed by atoms with Crippen LogP contribution in [0.3, 0.4) is 0 Å². The highest BCUT2D eigenvalue weighted by molar-refractivity contribution is 5.76. The molecule has 12 heteroatoms.